The summed E-state index contributed by atoms with van der Waals surface area (Å²) in [5.41, 5.74) is 0.996. The Hall–Kier alpha value is -1.42. The van der Waals surface area contributed by atoms with Gasteiger partial charge in [-0.05, 0) is 33.1 Å². The van der Waals surface area contributed by atoms with Crippen LogP contribution in [0.5, 0.6) is 17.2 Å². The first-order chi connectivity index (χ1) is 13.9. The van der Waals surface area contributed by atoms with Crippen molar-refractivity contribution in [3.8, 4) is 17.2 Å². The zero-order valence-electron chi connectivity index (χ0n) is 19.4. The molecule has 8 heteroatoms. The fourth-order valence-corrected chi connectivity index (χ4v) is 3.71. The van der Waals surface area contributed by atoms with Crippen molar-refractivity contribution >= 4 is 29.9 Å². The number of aliphatic imine (C=N–C) groups is 1. The maximum Gasteiger partial charge on any atom is 0.191 e. The predicted molar refractivity (Wildman–Crippen MR) is 134 cm³/mol. The molecular weight excluding hydrogens is 495 g/mol. The van der Waals surface area contributed by atoms with E-state index < -0.39 is 0 Å². The highest BCUT2D eigenvalue weighted by molar-refractivity contribution is 14.0. The number of benzene rings is 1. The lowest BCUT2D eigenvalue weighted by Crippen LogP contribution is -2.47. The summed E-state index contributed by atoms with van der Waals surface area (Å²) in [5, 5.41) is 7.00. The van der Waals surface area contributed by atoms with Crippen LogP contribution in [0.15, 0.2) is 17.1 Å². The quantitative estimate of drug-likeness (QED) is 0.288. The second-order valence-electron chi connectivity index (χ2n) is 7.80. The molecular formula is C22H39IN4O3. The van der Waals surface area contributed by atoms with Crippen molar-refractivity contribution in [1.82, 2.24) is 15.5 Å². The van der Waals surface area contributed by atoms with Crippen LogP contribution >= 0.6 is 24.0 Å². The van der Waals surface area contributed by atoms with Crippen LogP contribution in [0.2, 0.25) is 0 Å². The normalized spacial score (nSPS) is 19.4. The van der Waals surface area contributed by atoms with Gasteiger partial charge in [0, 0.05) is 56.0 Å². The molecule has 172 valence electrons. The maximum atomic E-state index is 5.55. The molecule has 0 amide bonds. The first kappa shape index (κ1) is 26.6. The molecule has 0 spiro atoms. The Morgan fingerprint density at radius 2 is 1.77 bits per heavy atom. The van der Waals surface area contributed by atoms with Crippen LogP contribution in [-0.2, 0) is 6.42 Å². The molecule has 1 aromatic carbocycles. The molecule has 0 saturated carbocycles. The number of rotatable bonds is 9. The molecule has 1 aliphatic rings. The van der Waals surface area contributed by atoms with Gasteiger partial charge in [0.15, 0.2) is 5.96 Å². The molecule has 7 nitrogen and oxygen atoms in total. The van der Waals surface area contributed by atoms with E-state index in [1.807, 2.05) is 12.1 Å². The molecule has 0 aliphatic carbocycles. The Morgan fingerprint density at radius 3 is 2.23 bits per heavy atom. The van der Waals surface area contributed by atoms with Gasteiger partial charge in [-0.1, -0.05) is 6.92 Å². The first-order valence-corrected chi connectivity index (χ1v) is 10.5. The number of guanidine groups is 1. The van der Waals surface area contributed by atoms with Gasteiger partial charge >= 0.3 is 0 Å². The molecule has 2 atom stereocenters. The molecule has 1 heterocycles. The zero-order chi connectivity index (χ0) is 21.4. The van der Waals surface area contributed by atoms with Crippen molar-refractivity contribution in [2.45, 2.75) is 46.2 Å². The van der Waals surface area contributed by atoms with Gasteiger partial charge in [-0.25, -0.2) is 0 Å². The number of methoxy groups -OCH3 is 3. The summed E-state index contributed by atoms with van der Waals surface area (Å²) in [6.45, 7) is 12.5. The average molecular weight is 534 g/mol. The molecule has 1 aromatic rings. The van der Waals surface area contributed by atoms with E-state index in [9.17, 15) is 0 Å². The molecule has 1 aliphatic heterocycles. The lowest BCUT2D eigenvalue weighted by molar-refractivity contribution is 0.265. The number of nitrogens with one attached hydrogen (secondary N) is 2. The van der Waals surface area contributed by atoms with Crippen LogP contribution in [0.4, 0.5) is 0 Å². The Bertz CT molecular complexity index is 659. The smallest absolute Gasteiger partial charge is 0.191 e. The number of hydrogen-bond acceptors (Lipinski definition) is 5. The molecule has 2 rings (SSSR count). The standard InChI is InChI=1S/C22H38N4O3.HI/c1-8-23-22(25-19-14-26(15(2)3)13-16(19)4)24-10-9-18-20(28-6)11-17(27-5)12-21(18)29-7;/h11-12,15-16,19H,8-10,13-14H2,1-7H3,(H2,23,24,25);1H. The van der Waals surface area contributed by atoms with Crippen LogP contribution in [-0.4, -0.2) is 70.5 Å². The van der Waals surface area contributed by atoms with Gasteiger partial charge in [-0.3, -0.25) is 9.89 Å². The lowest BCUT2D eigenvalue weighted by Gasteiger charge is -2.22. The van der Waals surface area contributed by atoms with E-state index in [-0.39, 0.29) is 24.0 Å². The summed E-state index contributed by atoms with van der Waals surface area (Å²) in [4.78, 5) is 7.32. The SMILES string of the molecule is CCNC(=NCCc1c(OC)cc(OC)cc1OC)NC1CN(C(C)C)CC1C.I. The van der Waals surface area contributed by atoms with Crippen molar-refractivity contribution in [2.75, 3.05) is 47.5 Å². The summed E-state index contributed by atoms with van der Waals surface area (Å²) in [6.07, 6.45) is 0.714. The third-order valence-electron chi connectivity index (χ3n) is 5.49. The van der Waals surface area contributed by atoms with E-state index in [1.165, 1.54) is 0 Å². The minimum atomic E-state index is 0. The van der Waals surface area contributed by atoms with Crippen LogP contribution in [0.1, 0.15) is 33.3 Å². The van der Waals surface area contributed by atoms with Crippen molar-refractivity contribution < 1.29 is 14.2 Å². The Kier molecular flexibility index (Phi) is 11.6. The Balaban J connectivity index is 0.00000450. The van der Waals surface area contributed by atoms with Crippen molar-refractivity contribution in [3.63, 3.8) is 0 Å². The number of hydrogen-bond donors (Lipinski definition) is 2. The van der Waals surface area contributed by atoms with Gasteiger partial charge in [0.2, 0.25) is 0 Å². The van der Waals surface area contributed by atoms with Crippen LogP contribution in [0.3, 0.4) is 0 Å². The molecule has 0 aromatic heterocycles. The topological polar surface area (TPSA) is 67.4 Å². The van der Waals surface area contributed by atoms with Crippen LogP contribution in [0, 0.1) is 5.92 Å². The fourth-order valence-electron chi connectivity index (χ4n) is 3.71. The van der Waals surface area contributed by atoms with Crippen LogP contribution in [0.25, 0.3) is 0 Å². The summed E-state index contributed by atoms with van der Waals surface area (Å²) >= 11 is 0. The molecule has 1 fully saturated rings. The van der Waals surface area contributed by atoms with Gasteiger partial charge in [0.05, 0.1) is 21.3 Å². The van der Waals surface area contributed by atoms with Gasteiger partial charge in [-0.15, -0.1) is 24.0 Å². The minimum absolute atomic E-state index is 0. The Morgan fingerprint density at radius 1 is 1.13 bits per heavy atom. The molecule has 2 unspecified atom stereocenters. The summed E-state index contributed by atoms with van der Waals surface area (Å²) < 4.78 is 16.4. The number of ether oxygens (including phenoxy) is 3. The summed E-state index contributed by atoms with van der Waals surface area (Å²) in [5.74, 6) is 3.67. The minimum Gasteiger partial charge on any atom is -0.496 e. The third kappa shape index (κ3) is 7.08. The monoisotopic (exact) mass is 534 g/mol. The first-order valence-electron chi connectivity index (χ1n) is 10.5. The van der Waals surface area contributed by atoms with Gasteiger partial charge in [0.25, 0.3) is 0 Å². The number of halogens is 1. The average Bonchev–Trinajstić information content (AvgIpc) is 3.08. The molecule has 1 saturated heterocycles. The number of nitrogens with zero attached hydrogens (tertiary/aromatic N) is 2. The van der Waals surface area contributed by atoms with Crippen molar-refractivity contribution in [2.24, 2.45) is 10.9 Å². The lowest BCUT2D eigenvalue weighted by atomic mass is 10.1. The second-order valence-corrected chi connectivity index (χ2v) is 7.80. The predicted octanol–water partition coefficient (Wildman–Crippen LogP) is 3.16. The van der Waals surface area contributed by atoms with Crippen molar-refractivity contribution in [1.29, 1.82) is 0 Å². The highest BCUT2D eigenvalue weighted by atomic mass is 127. The van der Waals surface area contributed by atoms with Crippen molar-refractivity contribution in [3.05, 3.63) is 17.7 Å². The van der Waals surface area contributed by atoms with E-state index in [4.69, 9.17) is 19.2 Å². The highest BCUT2D eigenvalue weighted by Crippen LogP contribution is 2.34. The zero-order valence-corrected chi connectivity index (χ0v) is 21.8. The summed E-state index contributed by atoms with van der Waals surface area (Å²) in [7, 11) is 4.96. The third-order valence-corrected chi connectivity index (χ3v) is 5.49. The van der Waals surface area contributed by atoms with Gasteiger partial charge in [-0.2, -0.15) is 0 Å². The molecule has 0 radical (unpaired) electrons. The molecule has 2 N–H and O–H groups in total. The largest absolute Gasteiger partial charge is 0.496 e. The number of likely N-dealkylation sites (tertiary alicyclic amines) is 1. The van der Waals surface area contributed by atoms with Crippen LogP contribution < -0.4 is 24.8 Å². The molecule has 30 heavy (non-hydrogen) atoms. The van der Waals surface area contributed by atoms with Gasteiger partial charge in [0.1, 0.15) is 17.2 Å². The summed E-state index contributed by atoms with van der Waals surface area (Å²) in [6, 6.07) is 4.73. The van der Waals surface area contributed by atoms with E-state index in [0.717, 1.165) is 42.7 Å². The maximum absolute atomic E-state index is 5.55. The Labute approximate surface area is 199 Å². The van der Waals surface area contributed by atoms with E-state index in [0.29, 0.717) is 36.7 Å². The fraction of sp³-hybridized carbons (Fsp3) is 0.682. The van der Waals surface area contributed by atoms with E-state index >= 15 is 0 Å². The molecule has 0 bridgehead atoms. The highest BCUT2D eigenvalue weighted by Gasteiger charge is 2.31. The second kappa shape index (κ2) is 13.1. The van der Waals surface area contributed by atoms with Gasteiger partial charge < -0.3 is 24.8 Å². The van der Waals surface area contributed by atoms with E-state index in [1.54, 1.807) is 21.3 Å². The van der Waals surface area contributed by atoms with E-state index in [2.05, 4.69) is 43.2 Å².